The van der Waals surface area contributed by atoms with E-state index < -0.39 is 12.0 Å². The third-order valence-corrected chi connectivity index (χ3v) is 5.28. The van der Waals surface area contributed by atoms with Crippen molar-refractivity contribution in [2.45, 2.75) is 31.3 Å². The first-order valence-corrected chi connectivity index (χ1v) is 9.44. The van der Waals surface area contributed by atoms with Gasteiger partial charge in [-0.2, -0.15) is 0 Å². The van der Waals surface area contributed by atoms with E-state index in [0.717, 1.165) is 24.0 Å². The Hall–Kier alpha value is -2.73. The number of nitrogens with zero attached hydrogens (tertiary/aromatic N) is 1. The van der Waals surface area contributed by atoms with E-state index in [1.54, 1.807) is 21.3 Å². The maximum atomic E-state index is 12.0. The van der Waals surface area contributed by atoms with Crippen molar-refractivity contribution in [3.05, 3.63) is 53.6 Å². The largest absolute Gasteiger partial charge is 0.493 e. The molecule has 1 aliphatic rings. The Morgan fingerprint density at radius 1 is 1.00 bits per heavy atom. The number of ether oxygens (including phenoxy) is 3. The molecule has 28 heavy (non-hydrogen) atoms. The van der Waals surface area contributed by atoms with Crippen molar-refractivity contribution in [1.29, 1.82) is 0 Å². The molecule has 0 spiro atoms. The van der Waals surface area contributed by atoms with Crippen molar-refractivity contribution >= 4 is 5.97 Å². The van der Waals surface area contributed by atoms with Crippen molar-refractivity contribution in [2.24, 2.45) is 0 Å². The summed E-state index contributed by atoms with van der Waals surface area (Å²) in [6.07, 6.45) is 2.53. The maximum Gasteiger partial charge on any atom is 0.320 e. The van der Waals surface area contributed by atoms with E-state index in [-0.39, 0.29) is 6.04 Å². The number of likely N-dealkylation sites (tertiary alicyclic amines) is 1. The summed E-state index contributed by atoms with van der Waals surface area (Å²) < 4.78 is 16.5. The summed E-state index contributed by atoms with van der Waals surface area (Å²) in [5.41, 5.74) is 1.94. The van der Waals surface area contributed by atoms with Crippen LogP contribution in [0.4, 0.5) is 0 Å². The van der Waals surface area contributed by atoms with Crippen LogP contribution in [0.5, 0.6) is 17.2 Å². The molecule has 2 unspecified atom stereocenters. The molecular formula is C22H27NO5. The van der Waals surface area contributed by atoms with Crippen molar-refractivity contribution in [2.75, 3.05) is 27.9 Å². The number of piperidine rings is 1. The number of carboxylic acids is 1. The second-order valence-electron chi connectivity index (χ2n) is 6.86. The summed E-state index contributed by atoms with van der Waals surface area (Å²) in [5, 5.41) is 9.82. The lowest BCUT2D eigenvalue weighted by atomic mass is 9.91. The van der Waals surface area contributed by atoms with E-state index in [0.29, 0.717) is 30.2 Å². The third kappa shape index (κ3) is 3.92. The first-order chi connectivity index (χ1) is 13.6. The topological polar surface area (TPSA) is 68.2 Å². The van der Waals surface area contributed by atoms with Gasteiger partial charge in [-0.05, 0) is 42.6 Å². The summed E-state index contributed by atoms with van der Waals surface area (Å²) in [6.45, 7) is 0.715. The van der Waals surface area contributed by atoms with Crippen LogP contribution in [0.2, 0.25) is 0 Å². The lowest BCUT2D eigenvalue weighted by molar-refractivity contribution is -0.145. The molecule has 0 aliphatic carbocycles. The van der Waals surface area contributed by atoms with Crippen LogP contribution in [0.15, 0.2) is 42.5 Å². The number of hydrogen-bond acceptors (Lipinski definition) is 5. The van der Waals surface area contributed by atoms with Crippen LogP contribution in [0.1, 0.15) is 36.4 Å². The Balaban J connectivity index is 2.16. The molecule has 2 aromatic carbocycles. The van der Waals surface area contributed by atoms with Gasteiger partial charge in [-0.3, -0.25) is 9.69 Å². The van der Waals surface area contributed by atoms with Gasteiger partial charge >= 0.3 is 5.97 Å². The van der Waals surface area contributed by atoms with Gasteiger partial charge in [0.1, 0.15) is 6.04 Å². The fourth-order valence-corrected chi connectivity index (χ4v) is 4.00. The van der Waals surface area contributed by atoms with Gasteiger partial charge in [0.2, 0.25) is 5.75 Å². The highest BCUT2D eigenvalue weighted by atomic mass is 16.5. The third-order valence-electron chi connectivity index (χ3n) is 5.28. The molecular weight excluding hydrogens is 358 g/mol. The Morgan fingerprint density at radius 3 is 2.18 bits per heavy atom. The second kappa shape index (κ2) is 8.97. The van der Waals surface area contributed by atoms with Crippen LogP contribution in [0.3, 0.4) is 0 Å². The predicted molar refractivity (Wildman–Crippen MR) is 106 cm³/mol. The van der Waals surface area contributed by atoms with Crippen LogP contribution in [-0.4, -0.2) is 49.9 Å². The number of carbonyl (C=O) groups is 1. The maximum absolute atomic E-state index is 12.0. The van der Waals surface area contributed by atoms with E-state index in [9.17, 15) is 9.90 Å². The number of hydrogen-bond donors (Lipinski definition) is 1. The molecule has 3 rings (SSSR count). The summed E-state index contributed by atoms with van der Waals surface area (Å²) in [5.74, 6) is 0.852. The van der Waals surface area contributed by atoms with Gasteiger partial charge in [-0.1, -0.05) is 36.8 Å². The normalized spacial score (nSPS) is 18.3. The van der Waals surface area contributed by atoms with Crippen LogP contribution >= 0.6 is 0 Å². The number of rotatable bonds is 7. The van der Waals surface area contributed by atoms with Gasteiger partial charge in [0.15, 0.2) is 11.5 Å². The Labute approximate surface area is 165 Å². The zero-order valence-corrected chi connectivity index (χ0v) is 16.6. The van der Waals surface area contributed by atoms with Crippen LogP contribution in [0.25, 0.3) is 0 Å². The molecule has 0 saturated carbocycles. The van der Waals surface area contributed by atoms with Crippen molar-refractivity contribution in [3.63, 3.8) is 0 Å². The van der Waals surface area contributed by atoms with Gasteiger partial charge in [0.25, 0.3) is 0 Å². The van der Waals surface area contributed by atoms with E-state index in [1.807, 2.05) is 42.5 Å². The molecule has 6 nitrogen and oxygen atoms in total. The quantitative estimate of drug-likeness (QED) is 0.783. The molecule has 1 N–H and O–H groups in total. The molecule has 1 aliphatic heterocycles. The molecule has 0 amide bonds. The van der Waals surface area contributed by atoms with Crippen LogP contribution in [0, 0.1) is 0 Å². The zero-order valence-electron chi connectivity index (χ0n) is 16.6. The van der Waals surface area contributed by atoms with Gasteiger partial charge in [0.05, 0.1) is 27.4 Å². The monoisotopic (exact) mass is 385 g/mol. The van der Waals surface area contributed by atoms with Gasteiger partial charge in [-0.25, -0.2) is 0 Å². The predicted octanol–water partition coefficient (Wildman–Crippen LogP) is 3.74. The molecule has 1 heterocycles. The molecule has 0 aromatic heterocycles. The number of benzene rings is 2. The summed E-state index contributed by atoms with van der Waals surface area (Å²) >= 11 is 0. The zero-order chi connectivity index (χ0) is 20.1. The minimum absolute atomic E-state index is 0.226. The number of aliphatic carboxylic acids is 1. The first kappa shape index (κ1) is 20.0. The highest BCUT2D eigenvalue weighted by Crippen LogP contribution is 2.43. The van der Waals surface area contributed by atoms with E-state index in [4.69, 9.17) is 14.2 Å². The Morgan fingerprint density at radius 2 is 1.64 bits per heavy atom. The summed E-state index contributed by atoms with van der Waals surface area (Å²) in [7, 11) is 4.74. The SMILES string of the molecule is COc1cc(C(c2ccccc2)N2CCCCC2C(=O)O)cc(OC)c1OC. The van der Waals surface area contributed by atoms with Gasteiger partial charge < -0.3 is 19.3 Å². The average molecular weight is 385 g/mol. The Kier molecular flexibility index (Phi) is 6.41. The summed E-state index contributed by atoms with van der Waals surface area (Å²) in [4.78, 5) is 14.0. The molecule has 0 radical (unpaired) electrons. The van der Waals surface area contributed by atoms with E-state index in [2.05, 4.69) is 4.90 Å². The molecule has 1 saturated heterocycles. The molecule has 2 aromatic rings. The minimum atomic E-state index is -0.784. The van der Waals surface area contributed by atoms with Crippen molar-refractivity contribution in [3.8, 4) is 17.2 Å². The molecule has 1 fully saturated rings. The lowest BCUT2D eigenvalue weighted by Gasteiger charge is -2.39. The van der Waals surface area contributed by atoms with Crippen LogP contribution < -0.4 is 14.2 Å². The minimum Gasteiger partial charge on any atom is -0.493 e. The Bertz CT molecular complexity index is 783. The molecule has 0 bridgehead atoms. The van der Waals surface area contributed by atoms with Crippen LogP contribution in [-0.2, 0) is 4.79 Å². The van der Waals surface area contributed by atoms with E-state index >= 15 is 0 Å². The highest BCUT2D eigenvalue weighted by Gasteiger charge is 2.35. The fourth-order valence-electron chi connectivity index (χ4n) is 4.00. The summed E-state index contributed by atoms with van der Waals surface area (Å²) in [6, 6.07) is 13.0. The van der Waals surface area contributed by atoms with Crippen molar-refractivity contribution in [1.82, 2.24) is 4.90 Å². The number of carboxylic acid groups (broad SMARTS) is 1. The molecule has 6 heteroatoms. The van der Waals surface area contributed by atoms with Gasteiger partial charge in [0, 0.05) is 0 Å². The lowest BCUT2D eigenvalue weighted by Crippen LogP contribution is -2.46. The molecule has 150 valence electrons. The van der Waals surface area contributed by atoms with E-state index in [1.165, 1.54) is 0 Å². The second-order valence-corrected chi connectivity index (χ2v) is 6.86. The fraction of sp³-hybridized carbons (Fsp3) is 0.409. The highest BCUT2D eigenvalue weighted by molar-refractivity contribution is 5.74. The number of methoxy groups -OCH3 is 3. The molecule has 2 atom stereocenters. The first-order valence-electron chi connectivity index (χ1n) is 9.44. The van der Waals surface area contributed by atoms with Crippen molar-refractivity contribution < 1.29 is 24.1 Å². The smallest absolute Gasteiger partial charge is 0.320 e. The average Bonchev–Trinajstić information content (AvgIpc) is 2.74. The van der Waals surface area contributed by atoms with Gasteiger partial charge in [-0.15, -0.1) is 0 Å². The standard InChI is InChI=1S/C22H27NO5/c1-26-18-13-16(14-19(27-2)21(18)28-3)20(15-9-5-4-6-10-15)23-12-8-7-11-17(23)22(24)25/h4-6,9-10,13-14,17,20H,7-8,11-12H2,1-3H3,(H,24,25).